The van der Waals surface area contributed by atoms with Crippen molar-refractivity contribution in [2.24, 2.45) is 14.1 Å². The van der Waals surface area contributed by atoms with E-state index in [2.05, 4.69) is 4.98 Å². The van der Waals surface area contributed by atoms with Gasteiger partial charge in [0.25, 0.3) is 5.56 Å². The molecule has 2 heterocycles. The van der Waals surface area contributed by atoms with E-state index in [9.17, 15) is 9.59 Å². The lowest BCUT2D eigenvalue weighted by molar-refractivity contribution is 0.0697. The fraction of sp³-hybridized carbons (Fsp3) is 0.222. The predicted octanol–water partition coefficient (Wildman–Crippen LogP) is -0.0298. The smallest absolute Gasteiger partial charge is 0.339 e. The molecule has 0 saturated heterocycles. The van der Waals surface area contributed by atoms with Gasteiger partial charge in [0, 0.05) is 20.3 Å². The first-order valence-corrected chi connectivity index (χ1v) is 4.26. The topological polar surface area (TPSA) is 77.1 Å². The van der Waals surface area contributed by atoms with Crippen LogP contribution in [0.2, 0.25) is 0 Å². The zero-order chi connectivity index (χ0) is 11.2. The van der Waals surface area contributed by atoms with E-state index in [0.29, 0.717) is 5.52 Å². The van der Waals surface area contributed by atoms with Gasteiger partial charge in [0.05, 0.1) is 11.8 Å². The van der Waals surface area contributed by atoms with Gasteiger partial charge in [0.15, 0.2) is 5.52 Å². The summed E-state index contributed by atoms with van der Waals surface area (Å²) in [7, 11) is 3.16. The average Bonchev–Trinajstić information content (AvgIpc) is 2.54. The van der Waals surface area contributed by atoms with Crippen LogP contribution in [0.1, 0.15) is 10.4 Å². The molecule has 78 valence electrons. The minimum absolute atomic E-state index is 0.0760. The molecule has 0 saturated carbocycles. The third-order valence-electron chi connectivity index (χ3n) is 2.27. The van der Waals surface area contributed by atoms with E-state index in [1.165, 1.54) is 28.7 Å². The molecule has 0 bridgehead atoms. The van der Waals surface area contributed by atoms with Crippen LogP contribution in [0.25, 0.3) is 11.0 Å². The average molecular weight is 207 g/mol. The largest absolute Gasteiger partial charge is 0.478 e. The standard InChI is InChI=1S/C9H9N3O3/c1-11-3-5(9(14)15)7-6(8(11)13)10-4-12(7)2/h3-4H,1-2H3,(H,14,15). The molecular formula is C9H9N3O3. The molecule has 0 atom stereocenters. The van der Waals surface area contributed by atoms with Crippen molar-refractivity contribution in [3.8, 4) is 0 Å². The van der Waals surface area contributed by atoms with Gasteiger partial charge in [0.1, 0.15) is 5.56 Å². The van der Waals surface area contributed by atoms with Gasteiger partial charge < -0.3 is 14.2 Å². The van der Waals surface area contributed by atoms with Crippen molar-refractivity contribution >= 4 is 17.0 Å². The molecular weight excluding hydrogens is 198 g/mol. The molecule has 2 aromatic rings. The first-order chi connectivity index (χ1) is 7.02. The van der Waals surface area contributed by atoms with Gasteiger partial charge in [-0.15, -0.1) is 0 Å². The maximum atomic E-state index is 11.6. The fourth-order valence-electron chi connectivity index (χ4n) is 1.54. The summed E-state index contributed by atoms with van der Waals surface area (Å²) in [5.74, 6) is -1.07. The SMILES string of the molecule is Cn1cc(C(=O)O)c2c(ncn2C)c1=O. The van der Waals surface area contributed by atoms with Gasteiger partial charge in [-0.25, -0.2) is 9.78 Å². The Morgan fingerprint density at radius 2 is 2.07 bits per heavy atom. The Hall–Kier alpha value is -2.11. The second-order valence-corrected chi connectivity index (χ2v) is 3.32. The molecule has 0 unspecified atom stereocenters. The van der Waals surface area contributed by atoms with E-state index in [1.54, 1.807) is 7.05 Å². The van der Waals surface area contributed by atoms with Crippen LogP contribution in [0.3, 0.4) is 0 Å². The van der Waals surface area contributed by atoms with E-state index in [0.717, 1.165) is 0 Å². The molecule has 0 fully saturated rings. The number of carboxylic acid groups (broad SMARTS) is 1. The zero-order valence-electron chi connectivity index (χ0n) is 8.26. The number of carbonyl (C=O) groups is 1. The predicted molar refractivity (Wildman–Crippen MR) is 52.9 cm³/mol. The number of carboxylic acids is 1. The number of pyridine rings is 1. The van der Waals surface area contributed by atoms with Gasteiger partial charge in [-0.05, 0) is 0 Å². The summed E-state index contributed by atoms with van der Waals surface area (Å²) < 4.78 is 2.75. The summed E-state index contributed by atoms with van der Waals surface area (Å²) in [6.45, 7) is 0. The third kappa shape index (κ3) is 1.22. The number of fused-ring (bicyclic) bond motifs is 1. The Bertz CT molecular complexity index is 609. The highest BCUT2D eigenvalue weighted by Gasteiger charge is 2.16. The van der Waals surface area contributed by atoms with Gasteiger partial charge in [0.2, 0.25) is 0 Å². The van der Waals surface area contributed by atoms with Crippen molar-refractivity contribution < 1.29 is 9.90 Å². The fourth-order valence-corrected chi connectivity index (χ4v) is 1.54. The Morgan fingerprint density at radius 3 is 2.67 bits per heavy atom. The normalized spacial score (nSPS) is 10.8. The molecule has 2 aromatic heterocycles. The highest BCUT2D eigenvalue weighted by atomic mass is 16.4. The molecule has 1 N–H and O–H groups in total. The van der Waals surface area contributed by atoms with E-state index in [4.69, 9.17) is 5.11 Å². The first kappa shape index (κ1) is 9.45. The zero-order valence-corrected chi connectivity index (χ0v) is 8.26. The molecule has 0 aromatic carbocycles. The Balaban J connectivity index is 3.04. The highest BCUT2D eigenvalue weighted by molar-refractivity contribution is 6.00. The van der Waals surface area contributed by atoms with E-state index in [1.807, 2.05) is 0 Å². The van der Waals surface area contributed by atoms with E-state index in [-0.39, 0.29) is 16.6 Å². The number of nitrogens with zero attached hydrogens (tertiary/aromatic N) is 3. The second kappa shape index (κ2) is 2.94. The number of aryl methyl sites for hydroxylation is 2. The molecule has 0 spiro atoms. The van der Waals surface area contributed by atoms with Crippen molar-refractivity contribution in [3.05, 3.63) is 28.4 Å². The summed E-state index contributed by atoms with van der Waals surface area (Å²) in [5, 5.41) is 8.98. The summed E-state index contributed by atoms with van der Waals surface area (Å²) in [4.78, 5) is 26.5. The monoisotopic (exact) mass is 207 g/mol. The number of imidazole rings is 1. The van der Waals surface area contributed by atoms with Crippen LogP contribution in [-0.2, 0) is 14.1 Å². The summed E-state index contributed by atoms with van der Waals surface area (Å²) in [6.07, 6.45) is 2.73. The summed E-state index contributed by atoms with van der Waals surface area (Å²) in [5.41, 5.74) is 0.313. The van der Waals surface area contributed by atoms with Crippen molar-refractivity contribution in [1.82, 2.24) is 14.1 Å². The third-order valence-corrected chi connectivity index (χ3v) is 2.27. The number of hydrogen-bond acceptors (Lipinski definition) is 3. The number of aromatic carboxylic acids is 1. The lowest BCUT2D eigenvalue weighted by Gasteiger charge is -2.03. The molecule has 0 radical (unpaired) electrons. The molecule has 2 rings (SSSR count). The Kier molecular flexibility index (Phi) is 1.85. The molecule has 0 aliphatic heterocycles. The lowest BCUT2D eigenvalue weighted by atomic mass is 10.2. The van der Waals surface area contributed by atoms with Crippen molar-refractivity contribution in [2.75, 3.05) is 0 Å². The van der Waals surface area contributed by atoms with Crippen LogP contribution in [0.15, 0.2) is 17.3 Å². The van der Waals surface area contributed by atoms with Gasteiger partial charge in [-0.1, -0.05) is 0 Å². The summed E-state index contributed by atoms with van der Waals surface area (Å²) in [6, 6.07) is 0. The van der Waals surface area contributed by atoms with Crippen LogP contribution in [0.5, 0.6) is 0 Å². The van der Waals surface area contributed by atoms with Crippen LogP contribution in [-0.4, -0.2) is 25.2 Å². The summed E-state index contributed by atoms with van der Waals surface area (Å²) >= 11 is 0. The van der Waals surface area contributed by atoms with Crippen LogP contribution >= 0.6 is 0 Å². The first-order valence-electron chi connectivity index (χ1n) is 4.26. The quantitative estimate of drug-likeness (QED) is 0.712. The molecule has 0 aliphatic rings. The molecule has 6 nitrogen and oxygen atoms in total. The van der Waals surface area contributed by atoms with Gasteiger partial charge in [-0.3, -0.25) is 4.79 Å². The van der Waals surface area contributed by atoms with Gasteiger partial charge in [-0.2, -0.15) is 0 Å². The number of aromatic nitrogens is 3. The molecule has 6 heteroatoms. The highest BCUT2D eigenvalue weighted by Crippen LogP contribution is 2.13. The molecule has 15 heavy (non-hydrogen) atoms. The van der Waals surface area contributed by atoms with Gasteiger partial charge >= 0.3 is 5.97 Å². The number of rotatable bonds is 1. The minimum atomic E-state index is -1.07. The van der Waals surface area contributed by atoms with E-state index >= 15 is 0 Å². The molecule has 0 amide bonds. The van der Waals surface area contributed by atoms with Crippen molar-refractivity contribution in [1.29, 1.82) is 0 Å². The van der Waals surface area contributed by atoms with Crippen molar-refractivity contribution in [2.45, 2.75) is 0 Å². The van der Waals surface area contributed by atoms with E-state index < -0.39 is 5.97 Å². The van der Waals surface area contributed by atoms with Crippen LogP contribution < -0.4 is 5.56 Å². The molecule has 0 aliphatic carbocycles. The second-order valence-electron chi connectivity index (χ2n) is 3.32. The lowest BCUT2D eigenvalue weighted by Crippen LogP contribution is -2.19. The minimum Gasteiger partial charge on any atom is -0.478 e. The Labute approximate surface area is 84.4 Å². The van der Waals surface area contributed by atoms with Crippen LogP contribution in [0, 0.1) is 0 Å². The maximum absolute atomic E-state index is 11.6. The van der Waals surface area contributed by atoms with Crippen molar-refractivity contribution in [3.63, 3.8) is 0 Å². The van der Waals surface area contributed by atoms with Crippen LogP contribution in [0.4, 0.5) is 0 Å². The maximum Gasteiger partial charge on any atom is 0.339 e. The Morgan fingerprint density at radius 1 is 1.40 bits per heavy atom. The number of hydrogen-bond donors (Lipinski definition) is 1.